The second-order valence-corrected chi connectivity index (χ2v) is 5.48. The largest absolute Gasteiger partial charge is 0.481 e. The summed E-state index contributed by atoms with van der Waals surface area (Å²) >= 11 is 0. The van der Waals surface area contributed by atoms with Gasteiger partial charge in [0.1, 0.15) is 0 Å². The Labute approximate surface area is 124 Å². The highest BCUT2D eigenvalue weighted by atomic mass is 16.4. The van der Waals surface area contributed by atoms with E-state index < -0.39 is 11.9 Å². The Bertz CT molecular complexity index is 699. The number of hydrogen-bond donors (Lipinski definition) is 1. The molecule has 0 unspecified atom stereocenters. The lowest BCUT2D eigenvalue weighted by Crippen LogP contribution is -2.17. The molecule has 0 spiro atoms. The van der Waals surface area contributed by atoms with Crippen molar-refractivity contribution in [3.8, 4) is 0 Å². The summed E-state index contributed by atoms with van der Waals surface area (Å²) in [5.41, 5.74) is 5.62. The third kappa shape index (κ3) is 2.49. The molecule has 1 aliphatic carbocycles. The van der Waals surface area contributed by atoms with Crippen molar-refractivity contribution in [1.82, 2.24) is 0 Å². The zero-order valence-electron chi connectivity index (χ0n) is 12.0. The Morgan fingerprint density at radius 2 is 1.67 bits per heavy atom. The van der Waals surface area contributed by atoms with Crippen molar-refractivity contribution in [2.24, 2.45) is 5.92 Å². The first-order chi connectivity index (χ1) is 10.2. The van der Waals surface area contributed by atoms with Crippen molar-refractivity contribution in [3.05, 3.63) is 71.3 Å². The van der Waals surface area contributed by atoms with Crippen LogP contribution >= 0.6 is 0 Å². The van der Waals surface area contributed by atoms with Crippen LogP contribution in [0.2, 0.25) is 0 Å². The van der Waals surface area contributed by atoms with Gasteiger partial charge in [-0.05, 0) is 47.6 Å². The van der Waals surface area contributed by atoms with Crippen LogP contribution in [0.25, 0.3) is 11.1 Å². The van der Waals surface area contributed by atoms with Crippen molar-refractivity contribution in [1.29, 1.82) is 0 Å². The third-order valence-electron chi connectivity index (χ3n) is 4.20. The number of aryl methyl sites for hydroxylation is 1. The number of carboxylic acid groups (broad SMARTS) is 1. The Morgan fingerprint density at radius 1 is 1.00 bits per heavy atom. The normalized spacial score (nSPS) is 15.5. The maximum Gasteiger partial charge on any atom is 0.310 e. The lowest BCUT2D eigenvalue weighted by molar-refractivity contribution is -0.139. The van der Waals surface area contributed by atoms with Gasteiger partial charge in [-0.25, -0.2) is 0 Å². The molecular weight excluding hydrogens is 260 g/mol. The van der Waals surface area contributed by atoms with E-state index in [1.165, 1.54) is 11.1 Å². The van der Waals surface area contributed by atoms with Crippen molar-refractivity contribution in [2.45, 2.75) is 19.8 Å². The Morgan fingerprint density at radius 3 is 2.38 bits per heavy atom. The highest BCUT2D eigenvalue weighted by Crippen LogP contribution is 2.40. The number of carbonyl (C=O) groups is 1. The van der Waals surface area contributed by atoms with E-state index in [-0.39, 0.29) is 0 Å². The van der Waals surface area contributed by atoms with E-state index >= 15 is 0 Å². The quantitative estimate of drug-likeness (QED) is 0.910. The molecule has 2 aromatic rings. The predicted octanol–water partition coefficient (Wildman–Crippen LogP) is 4.26. The minimum Gasteiger partial charge on any atom is -0.481 e. The number of benzene rings is 2. The van der Waals surface area contributed by atoms with Gasteiger partial charge in [-0.2, -0.15) is 0 Å². The number of carboxylic acids is 1. The average molecular weight is 278 g/mol. The fourth-order valence-electron chi connectivity index (χ4n) is 3.12. The minimum atomic E-state index is -0.768. The van der Waals surface area contributed by atoms with Gasteiger partial charge in [0, 0.05) is 0 Å². The molecule has 1 atom stereocenters. The van der Waals surface area contributed by atoms with Crippen molar-refractivity contribution in [2.75, 3.05) is 0 Å². The van der Waals surface area contributed by atoms with E-state index in [0.717, 1.165) is 29.5 Å². The second kappa shape index (κ2) is 5.57. The van der Waals surface area contributed by atoms with Crippen LogP contribution in [-0.2, 0) is 11.2 Å². The molecule has 1 N–H and O–H groups in total. The molecule has 0 fully saturated rings. The standard InChI is InChI=1S/C19H18O2/c1-13(19(20)21)18-16-10-6-5-9-15(16)11-12-17(18)14-7-3-2-4-8-14/h2-10,13H,11-12H2,1H3,(H,20,21)/t13-/m0/s1. The summed E-state index contributed by atoms with van der Waals surface area (Å²) < 4.78 is 0. The van der Waals surface area contributed by atoms with Crippen LogP contribution in [0.5, 0.6) is 0 Å². The van der Waals surface area contributed by atoms with Crippen LogP contribution in [0, 0.1) is 5.92 Å². The van der Waals surface area contributed by atoms with E-state index in [9.17, 15) is 9.90 Å². The number of fused-ring (bicyclic) bond motifs is 1. The predicted molar refractivity (Wildman–Crippen MR) is 84.8 cm³/mol. The summed E-state index contributed by atoms with van der Waals surface area (Å²) in [5, 5.41) is 9.49. The van der Waals surface area contributed by atoms with Gasteiger partial charge in [0.05, 0.1) is 5.92 Å². The average Bonchev–Trinajstić information content (AvgIpc) is 2.53. The zero-order valence-corrected chi connectivity index (χ0v) is 12.0. The molecular formula is C19H18O2. The minimum absolute atomic E-state index is 0.498. The van der Waals surface area contributed by atoms with Crippen molar-refractivity contribution in [3.63, 3.8) is 0 Å². The molecule has 2 nitrogen and oxygen atoms in total. The molecule has 0 radical (unpaired) electrons. The molecule has 2 aromatic carbocycles. The molecule has 0 heterocycles. The number of rotatable bonds is 3. The van der Waals surface area contributed by atoms with Gasteiger partial charge in [-0.1, -0.05) is 54.6 Å². The number of allylic oxidation sites excluding steroid dienone is 1. The van der Waals surface area contributed by atoms with Crippen molar-refractivity contribution < 1.29 is 9.90 Å². The van der Waals surface area contributed by atoms with E-state index in [2.05, 4.69) is 18.2 Å². The van der Waals surface area contributed by atoms with Gasteiger partial charge < -0.3 is 5.11 Å². The monoisotopic (exact) mass is 278 g/mol. The van der Waals surface area contributed by atoms with Gasteiger partial charge in [0.15, 0.2) is 0 Å². The van der Waals surface area contributed by atoms with Crippen LogP contribution in [0.3, 0.4) is 0 Å². The lowest BCUT2D eigenvalue weighted by Gasteiger charge is -2.26. The molecule has 1 aliphatic rings. The topological polar surface area (TPSA) is 37.3 Å². The Balaban J connectivity index is 2.23. The smallest absolute Gasteiger partial charge is 0.310 e. The molecule has 106 valence electrons. The Kier molecular flexibility index (Phi) is 3.61. The van der Waals surface area contributed by atoms with Gasteiger partial charge >= 0.3 is 5.97 Å². The first-order valence-corrected chi connectivity index (χ1v) is 7.28. The summed E-state index contributed by atoms with van der Waals surface area (Å²) in [6.45, 7) is 1.78. The molecule has 3 rings (SSSR count). The summed E-state index contributed by atoms with van der Waals surface area (Å²) in [4.78, 5) is 11.6. The van der Waals surface area contributed by atoms with Crippen molar-refractivity contribution >= 4 is 17.1 Å². The molecule has 0 bridgehead atoms. The summed E-state index contributed by atoms with van der Waals surface area (Å²) in [7, 11) is 0. The highest BCUT2D eigenvalue weighted by molar-refractivity contribution is 6.01. The first kappa shape index (κ1) is 13.6. The lowest BCUT2D eigenvalue weighted by atomic mass is 9.78. The molecule has 0 aliphatic heterocycles. The number of hydrogen-bond acceptors (Lipinski definition) is 1. The first-order valence-electron chi connectivity index (χ1n) is 7.28. The molecule has 0 saturated carbocycles. The van der Waals surface area contributed by atoms with Crippen LogP contribution < -0.4 is 0 Å². The third-order valence-corrected chi connectivity index (χ3v) is 4.20. The summed E-state index contributed by atoms with van der Waals surface area (Å²) in [6.07, 6.45) is 1.87. The second-order valence-electron chi connectivity index (χ2n) is 5.48. The Hall–Kier alpha value is -2.35. The van der Waals surface area contributed by atoms with E-state index in [1.807, 2.05) is 36.4 Å². The molecule has 21 heavy (non-hydrogen) atoms. The number of aliphatic carboxylic acids is 1. The molecule has 0 saturated heterocycles. The highest BCUT2D eigenvalue weighted by Gasteiger charge is 2.27. The van der Waals surface area contributed by atoms with Crippen LogP contribution in [0.4, 0.5) is 0 Å². The molecule has 0 aromatic heterocycles. The summed E-state index contributed by atoms with van der Waals surface area (Å²) in [6, 6.07) is 18.3. The fraction of sp³-hybridized carbons (Fsp3) is 0.211. The van der Waals surface area contributed by atoms with Gasteiger partial charge in [0.25, 0.3) is 0 Å². The molecule has 2 heteroatoms. The zero-order chi connectivity index (χ0) is 14.8. The van der Waals surface area contributed by atoms with Gasteiger partial charge in [-0.15, -0.1) is 0 Å². The van der Waals surface area contributed by atoms with Crippen LogP contribution in [0.15, 0.2) is 54.6 Å². The van der Waals surface area contributed by atoms with E-state index in [0.29, 0.717) is 0 Å². The maximum absolute atomic E-state index is 11.6. The SMILES string of the molecule is C[C@H](C(=O)O)C1=C(c2ccccc2)CCc2ccccc21. The van der Waals surface area contributed by atoms with Gasteiger partial charge in [-0.3, -0.25) is 4.79 Å². The fourth-order valence-corrected chi connectivity index (χ4v) is 3.12. The van der Waals surface area contributed by atoms with Crippen LogP contribution in [0.1, 0.15) is 30.0 Å². The summed E-state index contributed by atoms with van der Waals surface area (Å²) in [5.74, 6) is -1.27. The van der Waals surface area contributed by atoms with E-state index in [4.69, 9.17) is 0 Å². The van der Waals surface area contributed by atoms with Crippen LogP contribution in [-0.4, -0.2) is 11.1 Å². The van der Waals surface area contributed by atoms with Gasteiger partial charge in [0.2, 0.25) is 0 Å². The molecule has 0 amide bonds. The maximum atomic E-state index is 11.6. The van der Waals surface area contributed by atoms with E-state index in [1.54, 1.807) is 6.92 Å².